The smallest absolute Gasteiger partial charge is 0.317 e. The molecule has 1 aromatic carbocycles. The molecule has 1 saturated heterocycles. The molecule has 140 valence electrons. The number of rotatable bonds is 6. The highest BCUT2D eigenvalue weighted by molar-refractivity contribution is 5.74. The molecular weight excluding hydrogens is 324 g/mol. The van der Waals surface area contributed by atoms with Crippen LogP contribution in [0.25, 0.3) is 0 Å². The Balaban J connectivity index is 1.35. The standard InChI is InChI=1S/C21H30N4O/c1-17-15-18(2)25(23-17)16-20-10-13-24(14-11-20)21(26)22-12-6-9-19-7-4-3-5-8-19/h3-5,7-8,15,20H,6,9-14,16H2,1-2H3,(H,22,26). The fourth-order valence-electron chi connectivity index (χ4n) is 3.67. The minimum Gasteiger partial charge on any atom is -0.338 e. The first kappa shape index (κ1) is 18.5. The summed E-state index contributed by atoms with van der Waals surface area (Å²) in [6.07, 6.45) is 4.08. The van der Waals surface area contributed by atoms with Crippen molar-refractivity contribution in [3.05, 3.63) is 53.3 Å². The second kappa shape index (κ2) is 8.88. The number of hydrogen-bond donors (Lipinski definition) is 1. The third-order valence-corrected chi connectivity index (χ3v) is 5.20. The highest BCUT2D eigenvalue weighted by Gasteiger charge is 2.23. The maximum absolute atomic E-state index is 12.3. The highest BCUT2D eigenvalue weighted by Crippen LogP contribution is 2.20. The van der Waals surface area contributed by atoms with Gasteiger partial charge in [0.1, 0.15) is 0 Å². The van der Waals surface area contributed by atoms with E-state index < -0.39 is 0 Å². The lowest BCUT2D eigenvalue weighted by Gasteiger charge is -2.32. The molecule has 0 spiro atoms. The van der Waals surface area contributed by atoms with Crippen molar-refractivity contribution >= 4 is 6.03 Å². The second-order valence-corrected chi connectivity index (χ2v) is 7.36. The molecule has 26 heavy (non-hydrogen) atoms. The monoisotopic (exact) mass is 354 g/mol. The van der Waals surface area contributed by atoms with Gasteiger partial charge in [-0.1, -0.05) is 30.3 Å². The summed E-state index contributed by atoms with van der Waals surface area (Å²) >= 11 is 0. The molecule has 0 aliphatic carbocycles. The Hall–Kier alpha value is -2.30. The van der Waals surface area contributed by atoms with Crippen molar-refractivity contribution in [2.24, 2.45) is 5.92 Å². The molecule has 1 N–H and O–H groups in total. The van der Waals surface area contributed by atoms with Gasteiger partial charge in [-0.3, -0.25) is 4.68 Å². The number of carbonyl (C=O) groups is 1. The number of nitrogens with zero attached hydrogens (tertiary/aromatic N) is 3. The number of likely N-dealkylation sites (tertiary alicyclic amines) is 1. The summed E-state index contributed by atoms with van der Waals surface area (Å²) in [5.41, 5.74) is 3.63. The minimum absolute atomic E-state index is 0.0858. The van der Waals surface area contributed by atoms with Gasteiger partial charge in [0, 0.05) is 31.9 Å². The molecule has 3 rings (SSSR count). The van der Waals surface area contributed by atoms with Gasteiger partial charge in [0.2, 0.25) is 0 Å². The number of aryl methyl sites for hydroxylation is 3. The SMILES string of the molecule is Cc1cc(C)n(CC2CCN(C(=O)NCCCc3ccccc3)CC2)n1. The molecular formula is C21H30N4O. The summed E-state index contributed by atoms with van der Waals surface area (Å²) in [5.74, 6) is 0.607. The molecule has 2 aromatic rings. The van der Waals surface area contributed by atoms with Crippen LogP contribution < -0.4 is 5.32 Å². The van der Waals surface area contributed by atoms with Crippen molar-refractivity contribution in [3.63, 3.8) is 0 Å². The maximum Gasteiger partial charge on any atom is 0.317 e. The Morgan fingerprint density at radius 1 is 1.19 bits per heavy atom. The van der Waals surface area contributed by atoms with Crippen molar-refractivity contribution < 1.29 is 4.79 Å². The molecule has 1 aliphatic heterocycles. The van der Waals surface area contributed by atoms with Gasteiger partial charge < -0.3 is 10.2 Å². The Kier molecular flexibility index (Phi) is 6.31. The molecule has 1 aromatic heterocycles. The van der Waals surface area contributed by atoms with E-state index in [1.54, 1.807) is 0 Å². The third kappa shape index (κ3) is 5.10. The van der Waals surface area contributed by atoms with Gasteiger partial charge in [0.25, 0.3) is 0 Å². The first-order valence-corrected chi connectivity index (χ1v) is 9.69. The van der Waals surface area contributed by atoms with E-state index in [-0.39, 0.29) is 6.03 Å². The van der Waals surface area contributed by atoms with E-state index in [1.165, 1.54) is 11.3 Å². The summed E-state index contributed by atoms with van der Waals surface area (Å²) in [6.45, 7) is 7.53. The zero-order valence-corrected chi connectivity index (χ0v) is 15.9. The summed E-state index contributed by atoms with van der Waals surface area (Å²) in [4.78, 5) is 14.3. The van der Waals surface area contributed by atoms with Crippen molar-refractivity contribution in [3.8, 4) is 0 Å². The van der Waals surface area contributed by atoms with Gasteiger partial charge in [-0.05, 0) is 57.1 Å². The Morgan fingerprint density at radius 3 is 2.58 bits per heavy atom. The van der Waals surface area contributed by atoms with Gasteiger partial charge in [0.15, 0.2) is 0 Å². The number of urea groups is 1. The topological polar surface area (TPSA) is 50.2 Å². The number of carbonyl (C=O) groups excluding carboxylic acids is 1. The summed E-state index contributed by atoms with van der Waals surface area (Å²) < 4.78 is 2.11. The summed E-state index contributed by atoms with van der Waals surface area (Å²) in [6, 6.07) is 12.6. The van der Waals surface area contributed by atoms with Crippen LogP contribution in [0, 0.1) is 19.8 Å². The molecule has 1 fully saturated rings. The van der Waals surface area contributed by atoms with Crippen LogP contribution in [0.5, 0.6) is 0 Å². The normalized spacial score (nSPS) is 15.2. The highest BCUT2D eigenvalue weighted by atomic mass is 16.2. The average Bonchev–Trinajstić information content (AvgIpc) is 2.97. The molecule has 2 amide bonds. The molecule has 0 radical (unpaired) electrons. The predicted molar refractivity (Wildman–Crippen MR) is 104 cm³/mol. The van der Waals surface area contributed by atoms with Crippen LogP contribution in [-0.2, 0) is 13.0 Å². The van der Waals surface area contributed by atoms with E-state index in [1.807, 2.05) is 17.9 Å². The number of nitrogens with one attached hydrogen (secondary N) is 1. The molecule has 0 bridgehead atoms. The second-order valence-electron chi connectivity index (χ2n) is 7.36. The van der Waals surface area contributed by atoms with Crippen LogP contribution in [0.3, 0.4) is 0 Å². The lowest BCUT2D eigenvalue weighted by molar-refractivity contribution is 0.164. The lowest BCUT2D eigenvalue weighted by atomic mass is 9.97. The Labute approximate surface area is 156 Å². The van der Waals surface area contributed by atoms with Gasteiger partial charge in [-0.25, -0.2) is 4.79 Å². The number of amides is 2. The molecule has 0 atom stereocenters. The summed E-state index contributed by atoms with van der Waals surface area (Å²) in [7, 11) is 0. The van der Waals surface area contributed by atoms with Gasteiger partial charge in [0.05, 0.1) is 5.69 Å². The molecule has 5 heteroatoms. The zero-order chi connectivity index (χ0) is 18.4. The van der Waals surface area contributed by atoms with Crippen LogP contribution in [-0.4, -0.2) is 40.3 Å². The van der Waals surface area contributed by atoms with Gasteiger partial charge in [-0.2, -0.15) is 5.10 Å². The number of aromatic nitrogens is 2. The van der Waals surface area contributed by atoms with Crippen molar-refractivity contribution in [2.45, 2.75) is 46.1 Å². The van der Waals surface area contributed by atoms with Crippen LogP contribution in [0.15, 0.2) is 36.4 Å². The lowest BCUT2D eigenvalue weighted by Crippen LogP contribution is -2.45. The largest absolute Gasteiger partial charge is 0.338 e. The third-order valence-electron chi connectivity index (χ3n) is 5.20. The quantitative estimate of drug-likeness (QED) is 0.807. The van der Waals surface area contributed by atoms with Crippen LogP contribution >= 0.6 is 0 Å². The fraction of sp³-hybridized carbons (Fsp3) is 0.524. The molecule has 0 saturated carbocycles. The van der Waals surface area contributed by atoms with Crippen molar-refractivity contribution in [1.29, 1.82) is 0 Å². The van der Waals surface area contributed by atoms with E-state index in [0.29, 0.717) is 5.92 Å². The van der Waals surface area contributed by atoms with Crippen molar-refractivity contribution in [2.75, 3.05) is 19.6 Å². The Bertz CT molecular complexity index is 702. The molecule has 2 heterocycles. The van der Waals surface area contributed by atoms with Crippen LogP contribution in [0.4, 0.5) is 4.79 Å². The van der Waals surface area contributed by atoms with Gasteiger partial charge in [-0.15, -0.1) is 0 Å². The molecule has 5 nitrogen and oxygen atoms in total. The maximum atomic E-state index is 12.3. The number of piperidine rings is 1. The fourth-order valence-corrected chi connectivity index (χ4v) is 3.67. The molecule has 0 unspecified atom stereocenters. The number of hydrogen-bond acceptors (Lipinski definition) is 2. The first-order valence-electron chi connectivity index (χ1n) is 9.69. The first-order chi connectivity index (χ1) is 12.6. The van der Waals surface area contributed by atoms with E-state index in [0.717, 1.165) is 57.6 Å². The van der Waals surface area contributed by atoms with E-state index in [9.17, 15) is 4.79 Å². The van der Waals surface area contributed by atoms with Crippen LogP contribution in [0.1, 0.15) is 36.2 Å². The molecule has 1 aliphatic rings. The minimum atomic E-state index is 0.0858. The van der Waals surface area contributed by atoms with Crippen LogP contribution in [0.2, 0.25) is 0 Å². The predicted octanol–water partition coefficient (Wildman–Crippen LogP) is 3.55. The zero-order valence-electron chi connectivity index (χ0n) is 15.9. The average molecular weight is 354 g/mol. The number of benzene rings is 1. The Morgan fingerprint density at radius 2 is 1.92 bits per heavy atom. The van der Waals surface area contributed by atoms with E-state index in [2.05, 4.69) is 52.4 Å². The van der Waals surface area contributed by atoms with Gasteiger partial charge >= 0.3 is 6.03 Å². The van der Waals surface area contributed by atoms with Crippen molar-refractivity contribution in [1.82, 2.24) is 20.0 Å². The summed E-state index contributed by atoms with van der Waals surface area (Å²) in [5, 5.41) is 7.63. The van der Waals surface area contributed by atoms with E-state index >= 15 is 0 Å². The van der Waals surface area contributed by atoms with E-state index in [4.69, 9.17) is 0 Å².